The number of likely N-dealkylation sites (tertiary alicyclic amines) is 1. The van der Waals surface area contributed by atoms with Gasteiger partial charge in [-0.2, -0.15) is 5.10 Å². The van der Waals surface area contributed by atoms with Gasteiger partial charge in [-0.3, -0.25) is 14.5 Å². The molecule has 36 heavy (non-hydrogen) atoms. The Bertz CT molecular complexity index is 1030. The van der Waals surface area contributed by atoms with Crippen LogP contribution in [0.4, 0.5) is 0 Å². The van der Waals surface area contributed by atoms with Crippen molar-refractivity contribution in [2.45, 2.75) is 31.7 Å². The average molecular weight is 497 g/mol. The maximum Gasteiger partial charge on any atom is 0.247 e. The fourth-order valence-corrected chi connectivity index (χ4v) is 5.75. The number of allylic oxidation sites excluding steroid dienone is 2. The summed E-state index contributed by atoms with van der Waals surface area (Å²) in [6, 6.07) is 5.90. The van der Waals surface area contributed by atoms with Gasteiger partial charge in [-0.05, 0) is 43.9 Å². The molecule has 3 heterocycles. The summed E-state index contributed by atoms with van der Waals surface area (Å²) in [6.07, 6.45) is 7.42. The molecule has 1 aromatic carbocycles. The van der Waals surface area contributed by atoms with E-state index in [4.69, 9.17) is 19.3 Å². The van der Waals surface area contributed by atoms with Crippen LogP contribution in [-0.4, -0.2) is 98.5 Å². The summed E-state index contributed by atoms with van der Waals surface area (Å²) < 4.78 is 16.3. The molecule has 5 rings (SSSR count). The Morgan fingerprint density at radius 3 is 2.39 bits per heavy atom. The number of hydrazone groups is 1. The van der Waals surface area contributed by atoms with E-state index in [9.17, 15) is 9.59 Å². The molecular formula is C27H36N4O5. The van der Waals surface area contributed by atoms with Crippen LogP contribution in [0.25, 0.3) is 0 Å². The number of hydrogen-bond acceptors (Lipinski definition) is 7. The summed E-state index contributed by atoms with van der Waals surface area (Å²) in [7, 11) is 3.25. The van der Waals surface area contributed by atoms with Crippen LogP contribution in [0.2, 0.25) is 0 Å². The Hall–Kier alpha value is -2.91. The summed E-state index contributed by atoms with van der Waals surface area (Å²) in [6.45, 7) is 4.55. The highest BCUT2D eigenvalue weighted by Crippen LogP contribution is 2.38. The molecule has 1 aromatic rings. The number of amides is 2. The van der Waals surface area contributed by atoms with Crippen molar-refractivity contribution in [3.63, 3.8) is 0 Å². The average Bonchev–Trinajstić information content (AvgIpc) is 2.94. The lowest BCUT2D eigenvalue weighted by molar-refractivity contribution is -0.142. The molecule has 9 heteroatoms. The zero-order valence-electron chi connectivity index (χ0n) is 21.2. The summed E-state index contributed by atoms with van der Waals surface area (Å²) in [5.41, 5.74) is 1.90. The highest BCUT2D eigenvalue weighted by Gasteiger charge is 2.43. The molecule has 2 fully saturated rings. The van der Waals surface area contributed by atoms with E-state index in [-0.39, 0.29) is 29.7 Å². The van der Waals surface area contributed by atoms with Crippen molar-refractivity contribution in [3.8, 4) is 11.5 Å². The van der Waals surface area contributed by atoms with Crippen LogP contribution in [0, 0.1) is 11.8 Å². The standard InChI is InChI=1S/C27H36N4O5/c1-34-23-8-7-19(17-24(23)35-2)26-21-5-3-4-6-22(21)27(33)31(28-26)20-9-11-29(12-10-20)18-25(32)30-13-15-36-16-14-30/h3-4,7-8,17,20-22H,5-6,9-16,18H2,1-2H3. The molecule has 0 N–H and O–H groups in total. The normalized spacial score (nSPS) is 25.4. The molecule has 2 atom stereocenters. The second-order valence-corrected chi connectivity index (χ2v) is 9.89. The van der Waals surface area contributed by atoms with E-state index in [1.54, 1.807) is 19.2 Å². The van der Waals surface area contributed by atoms with E-state index in [1.165, 1.54) is 0 Å². The van der Waals surface area contributed by atoms with Crippen LogP contribution in [0.3, 0.4) is 0 Å². The van der Waals surface area contributed by atoms with E-state index in [1.807, 2.05) is 23.1 Å². The quantitative estimate of drug-likeness (QED) is 0.562. The molecule has 194 valence electrons. The molecule has 3 aliphatic heterocycles. The number of benzene rings is 1. The Morgan fingerprint density at radius 2 is 1.69 bits per heavy atom. The molecule has 2 amide bonds. The van der Waals surface area contributed by atoms with E-state index in [0.29, 0.717) is 44.3 Å². The van der Waals surface area contributed by atoms with Crippen molar-refractivity contribution in [1.82, 2.24) is 14.8 Å². The number of ether oxygens (including phenoxy) is 3. The third-order valence-electron chi connectivity index (χ3n) is 7.85. The van der Waals surface area contributed by atoms with Gasteiger partial charge >= 0.3 is 0 Å². The van der Waals surface area contributed by atoms with Gasteiger partial charge in [0.25, 0.3) is 0 Å². The van der Waals surface area contributed by atoms with Crippen LogP contribution in [-0.2, 0) is 14.3 Å². The first kappa shape index (κ1) is 24.8. The number of carbonyl (C=O) groups is 2. The Balaban J connectivity index is 1.32. The van der Waals surface area contributed by atoms with Crippen molar-refractivity contribution >= 4 is 17.5 Å². The zero-order chi connectivity index (χ0) is 25.1. The molecule has 0 spiro atoms. The lowest BCUT2D eigenvalue weighted by Crippen LogP contribution is -2.53. The van der Waals surface area contributed by atoms with Crippen LogP contribution < -0.4 is 9.47 Å². The smallest absolute Gasteiger partial charge is 0.247 e. The SMILES string of the molecule is COc1ccc(C2=NN(C3CCN(CC(=O)N4CCOCC4)CC3)C(=O)C3CC=CCC23)cc1OC. The second kappa shape index (κ2) is 11.0. The summed E-state index contributed by atoms with van der Waals surface area (Å²) in [5, 5.41) is 6.75. The second-order valence-electron chi connectivity index (χ2n) is 9.89. The van der Waals surface area contributed by atoms with Crippen molar-refractivity contribution in [2.24, 2.45) is 16.9 Å². The topological polar surface area (TPSA) is 83.9 Å². The van der Waals surface area contributed by atoms with E-state index < -0.39 is 0 Å². The molecule has 1 aliphatic carbocycles. The molecule has 0 aromatic heterocycles. The monoisotopic (exact) mass is 496 g/mol. The summed E-state index contributed by atoms with van der Waals surface area (Å²) in [4.78, 5) is 30.3. The maximum absolute atomic E-state index is 13.6. The molecule has 2 unspecified atom stereocenters. The highest BCUT2D eigenvalue weighted by molar-refractivity contribution is 6.07. The Labute approximate surface area is 212 Å². The lowest BCUT2D eigenvalue weighted by Gasteiger charge is -2.42. The lowest BCUT2D eigenvalue weighted by atomic mass is 9.76. The Kier molecular flexibility index (Phi) is 7.57. The molecular weight excluding hydrogens is 460 g/mol. The van der Waals surface area contributed by atoms with Gasteiger partial charge in [0.05, 0.1) is 51.6 Å². The zero-order valence-corrected chi connectivity index (χ0v) is 21.2. The number of methoxy groups -OCH3 is 2. The van der Waals surface area contributed by atoms with Gasteiger partial charge < -0.3 is 19.1 Å². The number of carbonyl (C=O) groups excluding carboxylic acids is 2. The van der Waals surface area contributed by atoms with Gasteiger partial charge in [-0.25, -0.2) is 5.01 Å². The minimum absolute atomic E-state index is 0.0363. The number of rotatable bonds is 6. The third-order valence-corrected chi connectivity index (χ3v) is 7.85. The maximum atomic E-state index is 13.6. The first-order valence-corrected chi connectivity index (χ1v) is 13.0. The number of morpholine rings is 1. The van der Waals surface area contributed by atoms with Crippen LogP contribution in [0.1, 0.15) is 31.2 Å². The fraction of sp³-hybridized carbons (Fsp3) is 0.593. The van der Waals surface area contributed by atoms with Gasteiger partial charge in [-0.15, -0.1) is 0 Å². The predicted molar refractivity (Wildman–Crippen MR) is 135 cm³/mol. The van der Waals surface area contributed by atoms with Gasteiger partial charge in [0.15, 0.2) is 11.5 Å². The van der Waals surface area contributed by atoms with E-state index in [2.05, 4.69) is 17.1 Å². The number of nitrogens with zero attached hydrogens (tertiary/aromatic N) is 4. The first-order chi connectivity index (χ1) is 17.6. The van der Waals surface area contributed by atoms with Crippen molar-refractivity contribution in [1.29, 1.82) is 0 Å². The van der Waals surface area contributed by atoms with Crippen LogP contribution in [0.15, 0.2) is 35.5 Å². The van der Waals surface area contributed by atoms with Gasteiger partial charge in [0.2, 0.25) is 11.8 Å². The summed E-state index contributed by atoms with van der Waals surface area (Å²) in [5.74, 6) is 1.57. The van der Waals surface area contributed by atoms with Crippen molar-refractivity contribution in [2.75, 3.05) is 60.2 Å². The minimum atomic E-state index is -0.100. The molecule has 4 aliphatic rings. The fourth-order valence-electron chi connectivity index (χ4n) is 5.75. The van der Waals surface area contributed by atoms with Crippen LogP contribution in [0.5, 0.6) is 11.5 Å². The van der Waals surface area contributed by atoms with Gasteiger partial charge in [-0.1, -0.05) is 12.2 Å². The summed E-state index contributed by atoms with van der Waals surface area (Å²) >= 11 is 0. The molecule has 9 nitrogen and oxygen atoms in total. The number of fused-ring (bicyclic) bond motifs is 1. The van der Waals surface area contributed by atoms with E-state index in [0.717, 1.165) is 50.0 Å². The highest BCUT2D eigenvalue weighted by atomic mass is 16.5. The Morgan fingerprint density at radius 1 is 1.00 bits per heavy atom. The van der Waals surface area contributed by atoms with Gasteiger partial charge in [0, 0.05) is 37.7 Å². The van der Waals surface area contributed by atoms with Crippen molar-refractivity contribution < 1.29 is 23.8 Å². The number of hydrogen-bond donors (Lipinski definition) is 0. The third kappa shape index (κ3) is 4.99. The number of piperidine rings is 1. The largest absolute Gasteiger partial charge is 0.493 e. The predicted octanol–water partition coefficient (Wildman–Crippen LogP) is 2.16. The first-order valence-electron chi connectivity index (χ1n) is 13.0. The molecule has 0 bridgehead atoms. The van der Waals surface area contributed by atoms with E-state index >= 15 is 0 Å². The molecule has 0 saturated carbocycles. The molecule has 0 radical (unpaired) electrons. The van der Waals surface area contributed by atoms with Crippen molar-refractivity contribution in [3.05, 3.63) is 35.9 Å². The minimum Gasteiger partial charge on any atom is -0.493 e. The molecule has 2 saturated heterocycles. The van der Waals surface area contributed by atoms with Gasteiger partial charge in [0.1, 0.15) is 0 Å². The van der Waals surface area contributed by atoms with Crippen LogP contribution >= 0.6 is 0 Å².